The first-order valence-corrected chi connectivity index (χ1v) is 3.87. The largest absolute Gasteiger partial charge is 0.463 e. The molecule has 0 saturated carbocycles. The van der Waals surface area contributed by atoms with Crippen LogP contribution < -0.4 is 0 Å². The number of rotatable bonds is 1. The van der Waals surface area contributed by atoms with Gasteiger partial charge in [0.15, 0.2) is 0 Å². The number of fused-ring (bicyclic) bond motifs is 1. The third-order valence-electron chi connectivity index (χ3n) is 1.90. The van der Waals surface area contributed by atoms with E-state index in [0.29, 0.717) is 0 Å². The Morgan fingerprint density at radius 3 is 3.00 bits per heavy atom. The zero-order chi connectivity index (χ0) is 9.26. The van der Waals surface area contributed by atoms with Crippen LogP contribution in [0.2, 0.25) is 0 Å². The Morgan fingerprint density at radius 1 is 1.38 bits per heavy atom. The second-order valence-corrected chi connectivity index (χ2v) is 2.64. The topological polar surface area (TPSA) is 39.4 Å². The molecule has 3 nitrogen and oxygen atoms in total. The number of esters is 1. The molecule has 13 heavy (non-hydrogen) atoms. The predicted molar refractivity (Wildman–Crippen MR) is 46.7 cm³/mol. The van der Waals surface area contributed by atoms with Crippen molar-refractivity contribution in [3.05, 3.63) is 36.3 Å². The zero-order valence-corrected chi connectivity index (χ0v) is 7.11. The van der Waals surface area contributed by atoms with Gasteiger partial charge in [-0.3, -0.25) is 0 Å². The maximum absolute atomic E-state index is 11.2. The normalized spacial score (nSPS) is 10.2. The molecule has 66 valence electrons. The first kappa shape index (κ1) is 7.86. The summed E-state index contributed by atoms with van der Waals surface area (Å²) < 4.78 is 9.66. The highest BCUT2D eigenvalue weighted by Crippen LogP contribution is 2.26. The Kier molecular flexibility index (Phi) is 1.77. The average Bonchev–Trinajstić information content (AvgIpc) is 2.63. The predicted octanol–water partition coefficient (Wildman–Crippen LogP) is 2.17. The summed E-state index contributed by atoms with van der Waals surface area (Å²) in [5.41, 5.74) is 1.76. The lowest BCUT2D eigenvalue weighted by atomic mass is 10.1. The van der Waals surface area contributed by atoms with Crippen molar-refractivity contribution in [2.24, 2.45) is 0 Å². The molecule has 0 radical (unpaired) electrons. The average molecular weight is 176 g/mol. The van der Waals surface area contributed by atoms with E-state index in [4.69, 9.17) is 4.42 Å². The van der Waals surface area contributed by atoms with E-state index in [2.05, 4.69) is 4.74 Å². The van der Waals surface area contributed by atoms with Gasteiger partial charge in [0.1, 0.15) is 0 Å². The molecule has 0 N–H and O–H groups in total. The van der Waals surface area contributed by atoms with Crippen molar-refractivity contribution >= 4 is 5.97 Å². The summed E-state index contributed by atoms with van der Waals surface area (Å²) in [7, 11) is 1.33. The van der Waals surface area contributed by atoms with E-state index in [-0.39, 0.29) is 5.76 Å². The molecule has 3 heteroatoms. The molecule has 0 aromatic carbocycles. The van der Waals surface area contributed by atoms with Crippen molar-refractivity contribution in [2.75, 3.05) is 7.11 Å². The number of ether oxygens (including phenoxy) is 1. The maximum Gasteiger partial charge on any atom is 0.374 e. The van der Waals surface area contributed by atoms with Gasteiger partial charge in [0.25, 0.3) is 0 Å². The van der Waals surface area contributed by atoms with Gasteiger partial charge in [-0.25, -0.2) is 4.79 Å². The van der Waals surface area contributed by atoms with Crippen molar-refractivity contribution in [1.82, 2.24) is 0 Å². The molecule has 0 bridgehead atoms. The van der Waals surface area contributed by atoms with E-state index in [9.17, 15) is 4.79 Å². The standard InChI is InChI=1S/C10H8O3/c1-12-10(11)9-8-4-2-3-7(8)5-6-13-9/h2-6H,1H3. The second-order valence-electron chi connectivity index (χ2n) is 2.64. The van der Waals surface area contributed by atoms with Crippen LogP contribution >= 0.6 is 0 Å². The Balaban J connectivity index is 2.58. The summed E-state index contributed by atoms with van der Waals surface area (Å²) in [6.07, 6.45) is 1.48. The molecule has 0 saturated heterocycles. The number of carbonyl (C=O) groups excluding carboxylic acids is 1. The van der Waals surface area contributed by atoms with Gasteiger partial charge in [-0.15, -0.1) is 0 Å². The van der Waals surface area contributed by atoms with Crippen LogP contribution in [0.4, 0.5) is 0 Å². The van der Waals surface area contributed by atoms with E-state index < -0.39 is 5.97 Å². The van der Waals surface area contributed by atoms with Gasteiger partial charge in [0, 0.05) is 5.56 Å². The zero-order valence-electron chi connectivity index (χ0n) is 7.11. The number of hydrogen-bond acceptors (Lipinski definition) is 3. The third kappa shape index (κ3) is 1.18. The lowest BCUT2D eigenvalue weighted by Gasteiger charge is -2.03. The van der Waals surface area contributed by atoms with Crippen LogP contribution in [-0.4, -0.2) is 13.1 Å². The molecule has 0 amide bonds. The van der Waals surface area contributed by atoms with Crippen LogP contribution in [0.5, 0.6) is 0 Å². The lowest BCUT2D eigenvalue weighted by molar-refractivity contribution is 0.0564. The molecule has 0 aromatic rings. The minimum Gasteiger partial charge on any atom is -0.463 e. The fourth-order valence-electron chi connectivity index (χ4n) is 1.28. The summed E-state index contributed by atoms with van der Waals surface area (Å²) in [5.74, 6) is -0.193. The molecule has 0 atom stereocenters. The van der Waals surface area contributed by atoms with Gasteiger partial charge in [0.05, 0.1) is 13.4 Å². The summed E-state index contributed by atoms with van der Waals surface area (Å²) in [4.78, 5) is 11.2. The lowest BCUT2D eigenvalue weighted by Crippen LogP contribution is -2.02. The van der Waals surface area contributed by atoms with Crippen molar-refractivity contribution in [1.29, 1.82) is 0 Å². The fourth-order valence-corrected chi connectivity index (χ4v) is 1.28. The number of methoxy groups -OCH3 is 1. The molecular weight excluding hydrogens is 168 g/mol. The van der Waals surface area contributed by atoms with E-state index >= 15 is 0 Å². The molecule has 2 rings (SSSR count). The van der Waals surface area contributed by atoms with Crippen molar-refractivity contribution < 1.29 is 13.9 Å². The molecule has 1 heterocycles. The third-order valence-corrected chi connectivity index (χ3v) is 1.90. The smallest absolute Gasteiger partial charge is 0.374 e. The van der Waals surface area contributed by atoms with Crippen LogP contribution in [0.1, 0.15) is 10.6 Å². The molecular formula is C10H8O3. The second kappa shape index (κ2) is 2.94. The van der Waals surface area contributed by atoms with Gasteiger partial charge >= 0.3 is 5.97 Å². The van der Waals surface area contributed by atoms with Gasteiger partial charge in [0.2, 0.25) is 5.76 Å². The minimum atomic E-state index is -0.447. The minimum absolute atomic E-state index is 0.255. The van der Waals surface area contributed by atoms with Crippen LogP contribution in [0.25, 0.3) is 11.1 Å². The monoisotopic (exact) mass is 176 g/mol. The van der Waals surface area contributed by atoms with E-state index in [1.807, 2.05) is 24.3 Å². The van der Waals surface area contributed by atoms with Crippen LogP contribution in [0.15, 0.2) is 34.9 Å². The molecule has 0 aromatic heterocycles. The molecule has 2 aliphatic rings. The summed E-state index contributed by atoms with van der Waals surface area (Å²) in [5, 5.41) is 0. The van der Waals surface area contributed by atoms with Crippen LogP contribution in [0.3, 0.4) is 0 Å². The fraction of sp³-hybridized carbons (Fsp3) is 0.100. The van der Waals surface area contributed by atoms with Crippen molar-refractivity contribution in [3.63, 3.8) is 0 Å². The summed E-state index contributed by atoms with van der Waals surface area (Å²) in [6.45, 7) is 0. The highest BCUT2D eigenvalue weighted by Gasteiger charge is 2.16. The molecule has 1 aliphatic carbocycles. The van der Waals surface area contributed by atoms with Crippen molar-refractivity contribution in [3.8, 4) is 11.1 Å². The van der Waals surface area contributed by atoms with Gasteiger partial charge in [-0.2, -0.15) is 0 Å². The quantitative estimate of drug-likeness (QED) is 0.625. The van der Waals surface area contributed by atoms with Gasteiger partial charge in [-0.1, -0.05) is 18.2 Å². The molecule has 0 unspecified atom stereocenters. The van der Waals surface area contributed by atoms with Gasteiger partial charge < -0.3 is 9.15 Å². The van der Waals surface area contributed by atoms with Crippen LogP contribution in [0, 0.1) is 0 Å². The number of hydrogen-bond donors (Lipinski definition) is 0. The first-order chi connectivity index (χ1) is 6.33. The number of carbonyl (C=O) groups is 1. The highest BCUT2D eigenvalue weighted by molar-refractivity contribution is 5.94. The summed E-state index contributed by atoms with van der Waals surface area (Å²) >= 11 is 0. The highest BCUT2D eigenvalue weighted by atomic mass is 16.5. The Labute approximate surface area is 75.3 Å². The molecule has 0 fully saturated rings. The Bertz CT molecular complexity index is 403. The van der Waals surface area contributed by atoms with Gasteiger partial charge in [-0.05, 0) is 11.6 Å². The molecule has 1 aliphatic heterocycles. The SMILES string of the molecule is COC(=O)c1occc2cccc1-2. The maximum atomic E-state index is 11.2. The van der Waals surface area contributed by atoms with E-state index in [1.54, 1.807) is 0 Å². The Hall–Kier alpha value is -1.77. The van der Waals surface area contributed by atoms with E-state index in [0.717, 1.165) is 11.1 Å². The summed E-state index contributed by atoms with van der Waals surface area (Å²) in [6, 6.07) is 7.41. The van der Waals surface area contributed by atoms with E-state index in [1.165, 1.54) is 13.4 Å². The van der Waals surface area contributed by atoms with Crippen LogP contribution in [-0.2, 0) is 4.74 Å². The first-order valence-electron chi connectivity index (χ1n) is 3.87. The molecule has 0 spiro atoms. The van der Waals surface area contributed by atoms with Crippen molar-refractivity contribution in [2.45, 2.75) is 0 Å². The Morgan fingerprint density at radius 2 is 2.23 bits per heavy atom.